The van der Waals surface area contributed by atoms with Gasteiger partial charge in [-0.2, -0.15) is 0 Å². The third-order valence-corrected chi connectivity index (χ3v) is 5.99. The molecule has 1 aromatic heterocycles. The van der Waals surface area contributed by atoms with Crippen LogP contribution in [0.25, 0.3) is 0 Å². The van der Waals surface area contributed by atoms with Crippen LogP contribution in [0.15, 0.2) is 36.8 Å². The van der Waals surface area contributed by atoms with Gasteiger partial charge in [-0.05, 0) is 37.1 Å². The SMILES string of the molecule is O=C(O)CC(NC(=O)C1CCCN1)C(=O)NC(Cc1cnc[nH]1)C(=O)NC(Cc1ccc(O)cc1)C(=O)O. The first-order valence-corrected chi connectivity index (χ1v) is 12.0. The van der Waals surface area contributed by atoms with E-state index in [0.29, 0.717) is 24.2 Å². The van der Waals surface area contributed by atoms with E-state index in [1.54, 1.807) is 0 Å². The summed E-state index contributed by atoms with van der Waals surface area (Å²) >= 11 is 0. The first-order chi connectivity index (χ1) is 18.1. The number of carbonyl (C=O) groups is 5. The fraction of sp³-hybridized carbons (Fsp3) is 0.417. The van der Waals surface area contributed by atoms with E-state index in [1.807, 2.05) is 0 Å². The van der Waals surface area contributed by atoms with Crippen molar-refractivity contribution in [3.05, 3.63) is 48.0 Å². The Hall–Kier alpha value is -4.46. The minimum absolute atomic E-state index is 0.00119. The number of nitrogens with zero attached hydrogens (tertiary/aromatic N) is 1. The van der Waals surface area contributed by atoms with Crippen molar-refractivity contribution in [2.45, 2.75) is 56.3 Å². The number of hydrogen-bond acceptors (Lipinski definition) is 8. The average molecular weight is 531 g/mol. The van der Waals surface area contributed by atoms with Crippen LogP contribution in [0, 0.1) is 0 Å². The third kappa shape index (κ3) is 8.30. The molecule has 204 valence electrons. The normalized spacial score (nSPS) is 17.1. The Balaban J connectivity index is 1.74. The lowest BCUT2D eigenvalue weighted by molar-refractivity contribution is -0.143. The van der Waals surface area contributed by atoms with Crippen LogP contribution >= 0.6 is 0 Å². The lowest BCUT2D eigenvalue weighted by Crippen LogP contribution is -2.58. The molecule has 1 fully saturated rings. The van der Waals surface area contributed by atoms with Crippen molar-refractivity contribution in [3.63, 3.8) is 0 Å². The van der Waals surface area contributed by atoms with E-state index in [1.165, 1.54) is 36.8 Å². The fourth-order valence-corrected chi connectivity index (χ4v) is 4.00. The van der Waals surface area contributed by atoms with Crippen molar-refractivity contribution >= 4 is 29.7 Å². The number of H-pyrrole nitrogens is 1. The van der Waals surface area contributed by atoms with E-state index in [9.17, 15) is 39.3 Å². The monoisotopic (exact) mass is 530 g/mol. The number of carboxylic acids is 2. The highest BCUT2D eigenvalue weighted by Gasteiger charge is 2.33. The fourth-order valence-electron chi connectivity index (χ4n) is 4.00. The summed E-state index contributed by atoms with van der Waals surface area (Å²) in [7, 11) is 0. The number of benzene rings is 1. The Morgan fingerprint density at radius 1 is 0.947 bits per heavy atom. The van der Waals surface area contributed by atoms with Gasteiger partial charge in [-0.3, -0.25) is 19.2 Å². The molecule has 0 radical (unpaired) electrons. The van der Waals surface area contributed by atoms with E-state index in [0.717, 1.165) is 6.42 Å². The number of rotatable bonds is 13. The number of carbonyl (C=O) groups excluding carboxylic acids is 3. The predicted octanol–water partition coefficient (Wildman–Crippen LogP) is -1.33. The Morgan fingerprint density at radius 3 is 2.21 bits per heavy atom. The summed E-state index contributed by atoms with van der Waals surface area (Å²) in [5.41, 5.74) is 0.985. The molecule has 1 saturated heterocycles. The van der Waals surface area contributed by atoms with E-state index in [2.05, 4.69) is 31.2 Å². The second kappa shape index (κ2) is 13.2. The van der Waals surface area contributed by atoms with Gasteiger partial charge in [0, 0.05) is 24.7 Å². The van der Waals surface area contributed by atoms with Crippen molar-refractivity contribution in [1.82, 2.24) is 31.2 Å². The zero-order chi connectivity index (χ0) is 27.7. The van der Waals surface area contributed by atoms with Gasteiger partial charge in [0.05, 0.1) is 18.8 Å². The van der Waals surface area contributed by atoms with Crippen LogP contribution in [-0.2, 0) is 36.8 Å². The van der Waals surface area contributed by atoms with Crippen molar-refractivity contribution in [3.8, 4) is 5.75 Å². The molecule has 1 aliphatic rings. The number of phenolic OH excluding ortho intramolecular Hbond substituents is 1. The molecule has 4 unspecified atom stereocenters. The summed E-state index contributed by atoms with van der Waals surface area (Å²) in [5, 5.41) is 38.6. The molecule has 0 saturated carbocycles. The third-order valence-electron chi connectivity index (χ3n) is 5.99. The smallest absolute Gasteiger partial charge is 0.326 e. The number of aliphatic carboxylic acids is 2. The first-order valence-electron chi connectivity index (χ1n) is 12.0. The van der Waals surface area contributed by atoms with Crippen molar-refractivity contribution in [2.24, 2.45) is 0 Å². The molecule has 14 heteroatoms. The molecule has 38 heavy (non-hydrogen) atoms. The molecule has 8 N–H and O–H groups in total. The second-order valence-corrected chi connectivity index (χ2v) is 8.92. The second-order valence-electron chi connectivity index (χ2n) is 8.92. The number of aromatic amines is 1. The zero-order valence-corrected chi connectivity index (χ0v) is 20.3. The molecule has 1 aliphatic heterocycles. The van der Waals surface area contributed by atoms with Gasteiger partial charge in [0.15, 0.2) is 0 Å². The molecule has 0 aliphatic carbocycles. The van der Waals surface area contributed by atoms with Gasteiger partial charge in [0.25, 0.3) is 0 Å². The Labute approximate surface area is 217 Å². The Bertz CT molecular complexity index is 1130. The summed E-state index contributed by atoms with van der Waals surface area (Å²) in [5.74, 6) is -4.94. The van der Waals surface area contributed by atoms with Crippen molar-refractivity contribution in [1.29, 1.82) is 0 Å². The number of imidazole rings is 1. The number of phenols is 1. The van der Waals surface area contributed by atoms with Crippen molar-refractivity contribution in [2.75, 3.05) is 6.54 Å². The summed E-state index contributed by atoms with van der Waals surface area (Å²) in [6, 6.07) is 1.09. The lowest BCUT2D eigenvalue weighted by atomic mass is 10.0. The van der Waals surface area contributed by atoms with Gasteiger partial charge in [-0.25, -0.2) is 9.78 Å². The average Bonchev–Trinajstić information content (AvgIpc) is 3.58. The van der Waals surface area contributed by atoms with Crippen molar-refractivity contribution < 1.29 is 39.3 Å². The minimum Gasteiger partial charge on any atom is -0.508 e. The highest BCUT2D eigenvalue weighted by molar-refractivity contribution is 5.95. The molecule has 3 rings (SSSR count). The summed E-state index contributed by atoms with van der Waals surface area (Å²) in [6.45, 7) is 0.620. The van der Waals surface area contributed by atoms with Gasteiger partial charge >= 0.3 is 11.9 Å². The predicted molar refractivity (Wildman–Crippen MR) is 131 cm³/mol. The standard InChI is InChI=1S/C24H30N6O8/c31-15-5-3-13(4-6-15)8-19(24(37)38)30-22(35)17(9-14-11-25-12-27-14)28-23(36)18(10-20(32)33)29-21(34)16-2-1-7-26-16/h3-6,11-12,16-19,26,31H,1-2,7-10H2,(H,25,27)(H,28,36)(H,29,34)(H,30,35)(H,32,33)(H,37,38). The number of aromatic nitrogens is 2. The molecule has 2 heterocycles. The molecule has 2 aromatic rings. The summed E-state index contributed by atoms with van der Waals surface area (Å²) in [4.78, 5) is 68.6. The Kier molecular flexibility index (Phi) is 9.76. The van der Waals surface area contributed by atoms with Crippen LogP contribution in [0.4, 0.5) is 0 Å². The van der Waals surface area contributed by atoms with Crippen LogP contribution in [0.2, 0.25) is 0 Å². The van der Waals surface area contributed by atoms with Gasteiger partial charge in [-0.1, -0.05) is 12.1 Å². The largest absolute Gasteiger partial charge is 0.508 e. The number of carboxylic acid groups (broad SMARTS) is 2. The number of aromatic hydroxyl groups is 1. The van der Waals surface area contributed by atoms with E-state index >= 15 is 0 Å². The molecular formula is C24H30N6O8. The van der Waals surface area contributed by atoms with Gasteiger partial charge in [-0.15, -0.1) is 0 Å². The van der Waals surface area contributed by atoms with Gasteiger partial charge in [0.2, 0.25) is 17.7 Å². The summed E-state index contributed by atoms with van der Waals surface area (Å²) in [6.07, 6.45) is 3.14. The molecule has 1 aromatic carbocycles. The van der Waals surface area contributed by atoms with Crippen LogP contribution in [-0.4, -0.2) is 85.7 Å². The Morgan fingerprint density at radius 2 is 1.63 bits per heavy atom. The molecule has 0 bridgehead atoms. The van der Waals surface area contributed by atoms with E-state index < -0.39 is 60.2 Å². The minimum atomic E-state index is -1.47. The van der Waals surface area contributed by atoms with Crippen LogP contribution in [0.5, 0.6) is 5.75 Å². The van der Waals surface area contributed by atoms with Gasteiger partial charge < -0.3 is 41.6 Å². The van der Waals surface area contributed by atoms with Crippen LogP contribution < -0.4 is 21.3 Å². The molecule has 14 nitrogen and oxygen atoms in total. The maximum atomic E-state index is 13.2. The van der Waals surface area contributed by atoms with Crippen LogP contribution in [0.1, 0.15) is 30.5 Å². The zero-order valence-electron chi connectivity index (χ0n) is 20.3. The molecule has 4 atom stereocenters. The maximum absolute atomic E-state index is 13.2. The van der Waals surface area contributed by atoms with Gasteiger partial charge in [0.1, 0.15) is 23.9 Å². The van der Waals surface area contributed by atoms with E-state index in [-0.39, 0.29) is 18.6 Å². The maximum Gasteiger partial charge on any atom is 0.326 e. The quantitative estimate of drug-likeness (QED) is 0.152. The number of nitrogens with one attached hydrogen (secondary N) is 5. The highest BCUT2D eigenvalue weighted by atomic mass is 16.4. The molecule has 3 amide bonds. The number of hydrogen-bond donors (Lipinski definition) is 8. The number of amides is 3. The van der Waals surface area contributed by atoms with Crippen LogP contribution in [0.3, 0.4) is 0 Å². The van der Waals surface area contributed by atoms with E-state index in [4.69, 9.17) is 0 Å². The lowest BCUT2D eigenvalue weighted by Gasteiger charge is -2.24. The topological polar surface area (TPSA) is 223 Å². The molecule has 0 spiro atoms. The highest BCUT2D eigenvalue weighted by Crippen LogP contribution is 2.12. The summed E-state index contributed by atoms with van der Waals surface area (Å²) < 4.78 is 0. The molecular weight excluding hydrogens is 500 g/mol. The first kappa shape index (κ1) is 28.1.